The molecule has 0 aliphatic carbocycles. The van der Waals surface area contributed by atoms with Gasteiger partial charge in [0.15, 0.2) is 0 Å². The standard InChI is InChI=1S/C16H26N4O2/c1-4-13-10-17-15(18-11-13)22-14-5-7-20(8-6-14)16(21)19-9-12(2)3/h10-12,14H,4-9H2,1-3H3,(H,19,21). The molecule has 1 fully saturated rings. The molecule has 2 rings (SSSR count). The second-order valence-corrected chi connectivity index (χ2v) is 6.11. The number of carbonyl (C=O) groups is 1. The first-order chi connectivity index (χ1) is 10.6. The van der Waals surface area contributed by atoms with E-state index in [1.165, 1.54) is 0 Å². The van der Waals surface area contributed by atoms with Crippen molar-refractivity contribution >= 4 is 6.03 Å². The SMILES string of the molecule is CCc1cnc(OC2CCN(C(=O)NCC(C)C)CC2)nc1. The Morgan fingerprint density at radius 1 is 1.36 bits per heavy atom. The number of rotatable bonds is 5. The molecule has 0 bridgehead atoms. The van der Waals surface area contributed by atoms with Gasteiger partial charge in [0, 0.05) is 44.9 Å². The summed E-state index contributed by atoms with van der Waals surface area (Å²) in [6.07, 6.45) is 6.24. The lowest BCUT2D eigenvalue weighted by Gasteiger charge is -2.31. The molecule has 6 nitrogen and oxygen atoms in total. The molecule has 0 spiro atoms. The molecule has 0 unspecified atom stereocenters. The maximum absolute atomic E-state index is 12.0. The first-order valence-corrected chi connectivity index (χ1v) is 8.08. The number of likely N-dealkylation sites (tertiary alicyclic amines) is 1. The third-order valence-electron chi connectivity index (χ3n) is 3.75. The molecule has 1 aliphatic heterocycles. The predicted octanol–water partition coefficient (Wildman–Crippen LogP) is 2.25. The van der Waals surface area contributed by atoms with Crippen LogP contribution < -0.4 is 10.1 Å². The number of carbonyl (C=O) groups excluding carboxylic acids is 1. The van der Waals surface area contributed by atoms with E-state index in [-0.39, 0.29) is 12.1 Å². The summed E-state index contributed by atoms with van der Waals surface area (Å²) in [5, 5.41) is 2.95. The fraction of sp³-hybridized carbons (Fsp3) is 0.688. The fourth-order valence-electron chi connectivity index (χ4n) is 2.32. The van der Waals surface area contributed by atoms with Crippen LogP contribution in [0, 0.1) is 5.92 Å². The molecule has 0 saturated carbocycles. The van der Waals surface area contributed by atoms with Crippen LogP contribution in [0.2, 0.25) is 0 Å². The number of ether oxygens (including phenoxy) is 1. The van der Waals surface area contributed by atoms with Crippen LogP contribution in [0.25, 0.3) is 0 Å². The van der Waals surface area contributed by atoms with Gasteiger partial charge >= 0.3 is 12.0 Å². The maximum Gasteiger partial charge on any atom is 0.317 e. The minimum absolute atomic E-state index is 0.0238. The Balaban J connectivity index is 1.75. The number of urea groups is 1. The maximum atomic E-state index is 12.0. The quantitative estimate of drug-likeness (QED) is 0.906. The zero-order valence-electron chi connectivity index (χ0n) is 13.7. The van der Waals surface area contributed by atoms with Crippen molar-refractivity contribution in [3.05, 3.63) is 18.0 Å². The molecular formula is C16H26N4O2. The van der Waals surface area contributed by atoms with Crippen molar-refractivity contribution < 1.29 is 9.53 Å². The van der Waals surface area contributed by atoms with Gasteiger partial charge in [-0.25, -0.2) is 14.8 Å². The topological polar surface area (TPSA) is 67.3 Å². The average Bonchev–Trinajstić information content (AvgIpc) is 2.54. The summed E-state index contributed by atoms with van der Waals surface area (Å²) in [6.45, 7) is 8.38. The minimum atomic E-state index is 0.0238. The minimum Gasteiger partial charge on any atom is -0.460 e. The number of piperidine rings is 1. The first-order valence-electron chi connectivity index (χ1n) is 8.08. The summed E-state index contributed by atoms with van der Waals surface area (Å²) in [5.41, 5.74) is 1.10. The first kappa shape index (κ1) is 16.5. The van der Waals surface area contributed by atoms with Crippen LogP contribution in [0.1, 0.15) is 39.2 Å². The van der Waals surface area contributed by atoms with Gasteiger partial charge in [-0.3, -0.25) is 0 Å². The van der Waals surface area contributed by atoms with E-state index in [1.807, 2.05) is 4.90 Å². The van der Waals surface area contributed by atoms with Crippen molar-refractivity contribution in [3.8, 4) is 6.01 Å². The van der Waals surface area contributed by atoms with Crippen molar-refractivity contribution in [2.24, 2.45) is 5.92 Å². The Labute approximate surface area is 132 Å². The van der Waals surface area contributed by atoms with Gasteiger partial charge in [0.2, 0.25) is 0 Å². The third kappa shape index (κ3) is 4.86. The van der Waals surface area contributed by atoms with Crippen LogP contribution in [0.3, 0.4) is 0 Å². The van der Waals surface area contributed by atoms with Crippen LogP contribution in [-0.2, 0) is 6.42 Å². The van der Waals surface area contributed by atoms with Gasteiger partial charge in [0.25, 0.3) is 0 Å². The Hall–Kier alpha value is -1.85. The van der Waals surface area contributed by atoms with E-state index in [0.29, 0.717) is 31.6 Å². The van der Waals surface area contributed by atoms with Crippen molar-refractivity contribution in [1.29, 1.82) is 0 Å². The lowest BCUT2D eigenvalue weighted by Crippen LogP contribution is -2.47. The highest BCUT2D eigenvalue weighted by Gasteiger charge is 2.24. The van der Waals surface area contributed by atoms with Gasteiger partial charge in [-0.15, -0.1) is 0 Å². The summed E-state index contributed by atoms with van der Waals surface area (Å²) < 4.78 is 5.80. The van der Waals surface area contributed by atoms with Gasteiger partial charge in [-0.1, -0.05) is 20.8 Å². The molecule has 2 amide bonds. The lowest BCUT2D eigenvalue weighted by molar-refractivity contribution is 0.103. The Morgan fingerprint density at radius 3 is 2.55 bits per heavy atom. The van der Waals surface area contributed by atoms with Crippen LogP contribution in [-0.4, -0.2) is 46.6 Å². The number of aryl methyl sites for hydroxylation is 1. The lowest BCUT2D eigenvalue weighted by atomic mass is 10.1. The van der Waals surface area contributed by atoms with Crippen molar-refractivity contribution in [2.75, 3.05) is 19.6 Å². The van der Waals surface area contributed by atoms with Crippen LogP contribution in [0.15, 0.2) is 12.4 Å². The molecule has 0 atom stereocenters. The molecule has 0 radical (unpaired) electrons. The number of hydrogen-bond donors (Lipinski definition) is 1. The van der Waals surface area contributed by atoms with Crippen molar-refractivity contribution in [1.82, 2.24) is 20.2 Å². The number of nitrogens with one attached hydrogen (secondary N) is 1. The molecule has 1 saturated heterocycles. The molecule has 1 aromatic heterocycles. The van der Waals surface area contributed by atoms with E-state index in [1.54, 1.807) is 12.4 Å². The zero-order valence-corrected chi connectivity index (χ0v) is 13.7. The number of nitrogens with zero attached hydrogens (tertiary/aromatic N) is 3. The highest BCUT2D eigenvalue weighted by Crippen LogP contribution is 2.16. The van der Waals surface area contributed by atoms with Crippen molar-refractivity contribution in [2.45, 2.75) is 46.1 Å². The summed E-state index contributed by atoms with van der Waals surface area (Å²) >= 11 is 0. The summed E-state index contributed by atoms with van der Waals surface area (Å²) in [7, 11) is 0. The number of hydrogen-bond acceptors (Lipinski definition) is 4. The molecular weight excluding hydrogens is 280 g/mol. The van der Waals surface area contributed by atoms with Crippen LogP contribution in [0.4, 0.5) is 4.79 Å². The average molecular weight is 306 g/mol. The number of aromatic nitrogens is 2. The fourth-order valence-corrected chi connectivity index (χ4v) is 2.32. The second kappa shape index (κ2) is 7.96. The van der Waals surface area contributed by atoms with E-state index in [4.69, 9.17) is 4.74 Å². The van der Waals surface area contributed by atoms with Gasteiger partial charge in [-0.2, -0.15) is 0 Å². The molecule has 122 valence electrons. The highest BCUT2D eigenvalue weighted by molar-refractivity contribution is 5.74. The smallest absolute Gasteiger partial charge is 0.317 e. The van der Waals surface area contributed by atoms with E-state index in [2.05, 4.69) is 36.1 Å². The molecule has 6 heteroatoms. The Morgan fingerprint density at radius 2 is 2.00 bits per heavy atom. The third-order valence-corrected chi connectivity index (χ3v) is 3.75. The van der Waals surface area contributed by atoms with E-state index < -0.39 is 0 Å². The van der Waals surface area contributed by atoms with E-state index in [0.717, 1.165) is 24.8 Å². The van der Waals surface area contributed by atoms with Crippen LogP contribution in [0.5, 0.6) is 6.01 Å². The van der Waals surface area contributed by atoms with E-state index in [9.17, 15) is 4.79 Å². The largest absolute Gasteiger partial charge is 0.460 e. The van der Waals surface area contributed by atoms with Gasteiger partial charge in [-0.05, 0) is 17.9 Å². The second-order valence-electron chi connectivity index (χ2n) is 6.11. The monoisotopic (exact) mass is 306 g/mol. The Bertz CT molecular complexity index is 468. The van der Waals surface area contributed by atoms with Crippen LogP contribution >= 0.6 is 0 Å². The summed E-state index contributed by atoms with van der Waals surface area (Å²) in [6, 6.07) is 0.454. The predicted molar refractivity (Wildman–Crippen MR) is 84.9 cm³/mol. The molecule has 1 aromatic rings. The van der Waals surface area contributed by atoms with Gasteiger partial charge in [0.1, 0.15) is 6.10 Å². The molecule has 0 aromatic carbocycles. The molecule has 1 aliphatic rings. The van der Waals surface area contributed by atoms with Crippen molar-refractivity contribution in [3.63, 3.8) is 0 Å². The zero-order chi connectivity index (χ0) is 15.9. The number of amides is 2. The Kier molecular flexibility index (Phi) is 5.98. The summed E-state index contributed by atoms with van der Waals surface area (Å²) in [5.74, 6) is 0.466. The van der Waals surface area contributed by atoms with Gasteiger partial charge in [0.05, 0.1) is 0 Å². The normalized spacial score (nSPS) is 15.9. The molecule has 22 heavy (non-hydrogen) atoms. The van der Waals surface area contributed by atoms with Gasteiger partial charge < -0.3 is 15.0 Å². The molecule has 2 heterocycles. The highest BCUT2D eigenvalue weighted by atomic mass is 16.5. The van der Waals surface area contributed by atoms with E-state index >= 15 is 0 Å². The molecule has 1 N–H and O–H groups in total. The summed E-state index contributed by atoms with van der Waals surface area (Å²) in [4.78, 5) is 22.3.